The molecule has 0 aliphatic carbocycles. The quantitative estimate of drug-likeness (QED) is 0.547. The lowest BCUT2D eigenvalue weighted by molar-refractivity contribution is 0.101. The van der Waals surface area contributed by atoms with E-state index in [0.29, 0.717) is 22.8 Å². The number of rotatable bonds is 5. The average molecular weight is 403 g/mol. The molecule has 0 fully saturated rings. The van der Waals surface area contributed by atoms with Crippen molar-refractivity contribution in [1.29, 1.82) is 0 Å². The van der Waals surface area contributed by atoms with Crippen LogP contribution in [0.3, 0.4) is 0 Å². The summed E-state index contributed by atoms with van der Waals surface area (Å²) in [6.07, 6.45) is 0. The van der Waals surface area contributed by atoms with E-state index in [1.807, 2.05) is 43.3 Å². The van der Waals surface area contributed by atoms with Crippen molar-refractivity contribution in [3.05, 3.63) is 65.6 Å². The average Bonchev–Trinajstić information content (AvgIpc) is 3.11. The highest BCUT2D eigenvalue weighted by Gasteiger charge is 2.21. The van der Waals surface area contributed by atoms with Crippen LogP contribution in [0.2, 0.25) is 0 Å². The number of fused-ring (bicyclic) bond motifs is 1. The smallest absolute Gasteiger partial charge is 0.278 e. The van der Waals surface area contributed by atoms with E-state index >= 15 is 0 Å². The van der Waals surface area contributed by atoms with Gasteiger partial charge in [0.2, 0.25) is 0 Å². The van der Waals surface area contributed by atoms with E-state index in [1.54, 1.807) is 37.8 Å². The number of carbonyl (C=O) groups excluding carboxylic acids is 1. The van der Waals surface area contributed by atoms with Crippen LogP contribution in [0.25, 0.3) is 16.8 Å². The molecular weight excluding hydrogens is 382 g/mol. The van der Waals surface area contributed by atoms with Crippen LogP contribution < -0.4 is 14.8 Å². The second-order valence-corrected chi connectivity index (χ2v) is 6.71. The third-order valence-corrected chi connectivity index (χ3v) is 4.89. The lowest BCUT2D eigenvalue weighted by Gasteiger charge is -2.10. The number of ether oxygens (including phenoxy) is 2. The summed E-state index contributed by atoms with van der Waals surface area (Å²) in [7, 11) is 3.18. The molecule has 0 bridgehead atoms. The second kappa shape index (κ2) is 7.82. The van der Waals surface area contributed by atoms with Gasteiger partial charge in [-0.1, -0.05) is 24.3 Å². The van der Waals surface area contributed by atoms with Crippen LogP contribution in [0.1, 0.15) is 21.9 Å². The monoisotopic (exact) mass is 403 g/mol. The van der Waals surface area contributed by atoms with Crippen LogP contribution in [0.4, 0.5) is 5.69 Å². The predicted octanol–water partition coefficient (Wildman–Crippen LogP) is 3.68. The second-order valence-electron chi connectivity index (χ2n) is 6.71. The molecule has 0 radical (unpaired) electrons. The normalized spacial score (nSPS) is 10.8. The maximum absolute atomic E-state index is 12.9. The van der Waals surface area contributed by atoms with Crippen molar-refractivity contribution in [2.75, 3.05) is 19.5 Å². The number of carbonyl (C=O) groups is 1. The first-order chi connectivity index (χ1) is 14.5. The van der Waals surface area contributed by atoms with Gasteiger partial charge in [-0.25, -0.2) is 4.52 Å². The van der Waals surface area contributed by atoms with Gasteiger partial charge in [0.15, 0.2) is 11.3 Å². The number of hydrogen-bond acceptors (Lipinski definition) is 6. The molecule has 0 aliphatic heterocycles. The highest BCUT2D eigenvalue weighted by Crippen LogP contribution is 2.29. The van der Waals surface area contributed by atoms with Gasteiger partial charge >= 0.3 is 0 Å². The van der Waals surface area contributed by atoms with Crippen LogP contribution in [-0.4, -0.2) is 39.9 Å². The molecule has 0 saturated heterocycles. The molecule has 8 heteroatoms. The van der Waals surface area contributed by atoms with E-state index < -0.39 is 0 Å². The molecule has 0 aliphatic rings. The van der Waals surface area contributed by atoms with Gasteiger partial charge in [0.25, 0.3) is 5.91 Å². The fourth-order valence-corrected chi connectivity index (χ4v) is 3.35. The Morgan fingerprint density at radius 1 is 0.967 bits per heavy atom. The molecule has 2 aromatic carbocycles. The first-order valence-electron chi connectivity index (χ1n) is 9.35. The summed E-state index contributed by atoms with van der Waals surface area (Å²) in [6, 6.07) is 14.8. The van der Waals surface area contributed by atoms with Crippen LogP contribution >= 0.6 is 0 Å². The van der Waals surface area contributed by atoms with Crippen molar-refractivity contribution in [3.63, 3.8) is 0 Å². The fraction of sp³-hybridized carbons (Fsp3) is 0.182. The minimum Gasteiger partial charge on any atom is -0.497 e. The molecule has 8 nitrogen and oxygen atoms in total. The Morgan fingerprint density at radius 2 is 1.70 bits per heavy atom. The van der Waals surface area contributed by atoms with Gasteiger partial charge in [0.05, 0.1) is 36.9 Å². The molecule has 4 aromatic rings. The number of aryl methyl sites for hydroxylation is 2. The highest BCUT2D eigenvalue weighted by atomic mass is 16.5. The number of aromatic nitrogens is 4. The Labute approximate surface area is 173 Å². The van der Waals surface area contributed by atoms with E-state index in [4.69, 9.17) is 9.47 Å². The van der Waals surface area contributed by atoms with Gasteiger partial charge in [-0.05, 0) is 43.7 Å². The highest BCUT2D eigenvalue weighted by molar-refractivity contribution is 6.04. The Balaban J connectivity index is 1.73. The molecule has 0 spiro atoms. The maximum atomic E-state index is 12.9. The Bertz CT molecular complexity index is 1230. The van der Waals surface area contributed by atoms with Crippen LogP contribution in [0, 0.1) is 13.8 Å². The molecule has 0 unspecified atom stereocenters. The van der Waals surface area contributed by atoms with E-state index in [1.165, 1.54) is 0 Å². The van der Waals surface area contributed by atoms with Crippen molar-refractivity contribution in [1.82, 2.24) is 19.8 Å². The lowest BCUT2D eigenvalue weighted by Crippen LogP contribution is -2.19. The Morgan fingerprint density at radius 3 is 2.40 bits per heavy atom. The Kier molecular flexibility index (Phi) is 5.05. The molecule has 2 aromatic heterocycles. The summed E-state index contributed by atoms with van der Waals surface area (Å²) in [5, 5.41) is 15.9. The summed E-state index contributed by atoms with van der Waals surface area (Å²) in [5.41, 5.74) is 4.53. The van der Waals surface area contributed by atoms with Crippen molar-refractivity contribution in [3.8, 4) is 22.6 Å². The predicted molar refractivity (Wildman–Crippen MR) is 113 cm³/mol. The lowest BCUT2D eigenvalue weighted by atomic mass is 10.1. The number of amides is 1. The minimum absolute atomic E-state index is 0.192. The minimum atomic E-state index is -0.384. The van der Waals surface area contributed by atoms with Gasteiger partial charge in [-0.3, -0.25) is 4.79 Å². The van der Waals surface area contributed by atoms with Crippen molar-refractivity contribution in [2.45, 2.75) is 13.8 Å². The molecule has 152 valence electrons. The number of hydrogen-bond donors (Lipinski definition) is 1. The number of benzene rings is 2. The Hall–Kier alpha value is -3.94. The summed E-state index contributed by atoms with van der Waals surface area (Å²) in [6.45, 7) is 3.70. The molecular formula is C22H21N5O3. The van der Waals surface area contributed by atoms with Gasteiger partial charge < -0.3 is 14.8 Å². The molecule has 1 N–H and O–H groups in total. The van der Waals surface area contributed by atoms with Crippen molar-refractivity contribution in [2.24, 2.45) is 0 Å². The number of methoxy groups -OCH3 is 2. The summed E-state index contributed by atoms with van der Waals surface area (Å²) in [5.74, 6) is 0.949. The van der Waals surface area contributed by atoms with Gasteiger partial charge in [-0.2, -0.15) is 5.10 Å². The van der Waals surface area contributed by atoms with Crippen LogP contribution in [-0.2, 0) is 0 Å². The number of para-hydroxylation sites is 2. The molecule has 1 amide bonds. The third kappa shape index (κ3) is 3.32. The molecule has 2 heterocycles. The summed E-state index contributed by atoms with van der Waals surface area (Å²) < 4.78 is 12.2. The van der Waals surface area contributed by atoms with E-state index in [9.17, 15) is 4.79 Å². The zero-order valence-corrected chi connectivity index (χ0v) is 17.1. The maximum Gasteiger partial charge on any atom is 0.278 e. The largest absolute Gasteiger partial charge is 0.497 e. The van der Waals surface area contributed by atoms with Crippen molar-refractivity contribution >= 4 is 17.2 Å². The number of anilines is 1. The third-order valence-electron chi connectivity index (χ3n) is 4.89. The molecule has 4 rings (SSSR count). The zero-order chi connectivity index (χ0) is 21.3. The van der Waals surface area contributed by atoms with Crippen LogP contribution in [0.5, 0.6) is 11.5 Å². The summed E-state index contributed by atoms with van der Waals surface area (Å²) in [4.78, 5) is 12.9. The topological polar surface area (TPSA) is 90.6 Å². The molecule has 30 heavy (non-hydrogen) atoms. The SMILES string of the molecule is COc1ccc(-c2c(C)nn3c(C)c(C(=O)Nc4ccccc4OC)nnc23)cc1. The van der Waals surface area contributed by atoms with Crippen LogP contribution in [0.15, 0.2) is 48.5 Å². The van der Waals surface area contributed by atoms with Gasteiger partial charge in [0, 0.05) is 0 Å². The first-order valence-corrected chi connectivity index (χ1v) is 9.35. The van der Waals surface area contributed by atoms with Crippen molar-refractivity contribution < 1.29 is 14.3 Å². The number of nitrogens with one attached hydrogen (secondary N) is 1. The molecule has 0 atom stereocenters. The number of nitrogens with zero attached hydrogens (tertiary/aromatic N) is 4. The van der Waals surface area contributed by atoms with E-state index in [0.717, 1.165) is 22.6 Å². The first kappa shape index (κ1) is 19.4. The van der Waals surface area contributed by atoms with Gasteiger partial charge in [-0.15, -0.1) is 10.2 Å². The van der Waals surface area contributed by atoms with E-state index in [2.05, 4.69) is 20.6 Å². The molecule has 0 saturated carbocycles. The van der Waals surface area contributed by atoms with Gasteiger partial charge in [0.1, 0.15) is 11.5 Å². The fourth-order valence-electron chi connectivity index (χ4n) is 3.35. The zero-order valence-electron chi connectivity index (χ0n) is 17.1. The van der Waals surface area contributed by atoms with E-state index in [-0.39, 0.29) is 11.6 Å². The summed E-state index contributed by atoms with van der Waals surface area (Å²) >= 11 is 0. The standard InChI is InChI=1S/C22H21N5O3/c1-13-19(15-9-11-16(29-3)12-10-15)21-25-24-20(14(2)27(21)26-13)22(28)23-17-7-5-6-8-18(17)30-4/h5-12H,1-4H3,(H,23,28).